The molecule has 0 N–H and O–H groups in total. The van der Waals surface area contributed by atoms with Crippen LogP contribution in [0, 0.1) is 5.92 Å². The van der Waals surface area contributed by atoms with Crippen LogP contribution >= 0.6 is 11.8 Å². The van der Waals surface area contributed by atoms with Crippen molar-refractivity contribution in [3.8, 4) is 0 Å². The summed E-state index contributed by atoms with van der Waals surface area (Å²) in [5.74, 6) is -0.0238. The Morgan fingerprint density at radius 1 is 0.970 bits per heavy atom. The van der Waals surface area contributed by atoms with Crippen molar-refractivity contribution in [2.45, 2.75) is 61.2 Å². The number of allylic oxidation sites excluding steroid dienone is 3. The average molecular weight is 460 g/mol. The quantitative estimate of drug-likeness (QED) is 0.173. The second-order valence-corrected chi connectivity index (χ2v) is 9.68. The maximum absolute atomic E-state index is 13.3. The summed E-state index contributed by atoms with van der Waals surface area (Å²) in [6.45, 7) is 0. The summed E-state index contributed by atoms with van der Waals surface area (Å²) in [6, 6.07) is 17.7. The van der Waals surface area contributed by atoms with Gasteiger partial charge in [0.15, 0.2) is 0 Å². The molecule has 170 valence electrons. The third-order valence-electron chi connectivity index (χ3n) is 6.14. The molecule has 2 aliphatic carbocycles. The van der Waals surface area contributed by atoms with E-state index in [2.05, 4.69) is 17.3 Å². The van der Waals surface area contributed by atoms with Crippen molar-refractivity contribution in [2.24, 2.45) is 11.1 Å². The maximum Gasteiger partial charge on any atom is 0.361 e. The van der Waals surface area contributed by atoms with Gasteiger partial charge in [-0.1, -0.05) is 79.0 Å². The minimum Gasteiger partial charge on any atom is -0.313 e. The number of hydrogen-bond donors (Lipinski definition) is 0. The van der Waals surface area contributed by atoms with Gasteiger partial charge in [0.05, 0.1) is 0 Å². The monoisotopic (exact) mass is 459 g/mol. The third-order valence-corrected chi connectivity index (χ3v) is 7.15. The molecule has 0 aromatic heterocycles. The van der Waals surface area contributed by atoms with E-state index in [4.69, 9.17) is 4.84 Å². The van der Waals surface area contributed by atoms with Crippen LogP contribution in [0.5, 0.6) is 0 Å². The summed E-state index contributed by atoms with van der Waals surface area (Å²) in [5, 5.41) is 4.07. The van der Waals surface area contributed by atoms with E-state index < -0.39 is 5.97 Å². The summed E-state index contributed by atoms with van der Waals surface area (Å²) in [4.78, 5) is 33.1. The van der Waals surface area contributed by atoms with Crippen LogP contribution in [0.1, 0.15) is 61.7 Å². The van der Waals surface area contributed by atoms with Crippen LogP contribution in [-0.2, 0) is 9.63 Å². The number of hydrogen-bond acceptors (Lipinski definition) is 5. The molecule has 0 aliphatic heterocycles. The van der Waals surface area contributed by atoms with Gasteiger partial charge >= 0.3 is 5.97 Å². The summed E-state index contributed by atoms with van der Waals surface area (Å²) in [6.07, 6.45) is 13.4. The van der Waals surface area contributed by atoms with Gasteiger partial charge in [0.1, 0.15) is 5.71 Å². The van der Waals surface area contributed by atoms with Gasteiger partial charge in [-0.3, -0.25) is 4.79 Å². The number of ketones is 1. The van der Waals surface area contributed by atoms with E-state index in [9.17, 15) is 9.59 Å². The topological polar surface area (TPSA) is 55.7 Å². The van der Waals surface area contributed by atoms with Gasteiger partial charge in [-0.25, -0.2) is 4.79 Å². The normalized spacial score (nSPS) is 16.5. The highest BCUT2D eigenvalue weighted by Gasteiger charge is 2.21. The van der Waals surface area contributed by atoms with Gasteiger partial charge in [-0.2, -0.15) is 0 Å². The predicted molar refractivity (Wildman–Crippen MR) is 133 cm³/mol. The van der Waals surface area contributed by atoms with Gasteiger partial charge in [-0.15, -0.1) is 0 Å². The smallest absolute Gasteiger partial charge is 0.313 e. The van der Waals surface area contributed by atoms with E-state index in [1.807, 2.05) is 54.6 Å². The van der Waals surface area contributed by atoms with Gasteiger partial charge in [0.2, 0.25) is 5.78 Å². The van der Waals surface area contributed by atoms with E-state index in [-0.39, 0.29) is 5.78 Å². The summed E-state index contributed by atoms with van der Waals surface area (Å²) in [7, 11) is 0. The average Bonchev–Trinajstić information content (AvgIpc) is 3.39. The zero-order valence-corrected chi connectivity index (χ0v) is 19.6. The fourth-order valence-electron chi connectivity index (χ4n) is 4.23. The molecule has 1 fully saturated rings. The van der Waals surface area contributed by atoms with E-state index in [0.29, 0.717) is 35.6 Å². The lowest BCUT2D eigenvalue weighted by Gasteiger charge is -2.11. The predicted octanol–water partition coefficient (Wildman–Crippen LogP) is 7.17. The molecule has 5 heteroatoms. The lowest BCUT2D eigenvalue weighted by molar-refractivity contribution is -0.139. The van der Waals surface area contributed by atoms with Crippen molar-refractivity contribution in [2.75, 3.05) is 0 Å². The molecule has 4 nitrogen and oxygen atoms in total. The lowest BCUT2D eigenvalue weighted by atomic mass is 9.96. The Morgan fingerprint density at radius 2 is 1.70 bits per heavy atom. The second-order valence-electron chi connectivity index (χ2n) is 8.53. The highest BCUT2D eigenvalue weighted by atomic mass is 32.2. The first-order valence-corrected chi connectivity index (χ1v) is 12.5. The van der Waals surface area contributed by atoms with Crippen molar-refractivity contribution in [1.29, 1.82) is 0 Å². The molecule has 2 aliphatic rings. The van der Waals surface area contributed by atoms with Crippen molar-refractivity contribution >= 4 is 29.2 Å². The van der Waals surface area contributed by atoms with Crippen LogP contribution in [0.4, 0.5) is 0 Å². The molecule has 0 heterocycles. The van der Waals surface area contributed by atoms with Gasteiger partial charge in [0.25, 0.3) is 0 Å². The molecular formula is C28H29NO3S. The first-order valence-electron chi connectivity index (χ1n) is 11.7. The molecule has 2 aromatic rings. The molecule has 0 radical (unpaired) electrons. The Balaban J connectivity index is 1.46. The SMILES string of the molecule is O=C(O/N=C(/CCC1CCCC1)C(=O)c1ccc(Sc2ccccc2)cc1)C1=CC=CCC1. The van der Waals surface area contributed by atoms with Gasteiger partial charge < -0.3 is 4.84 Å². The van der Waals surface area contributed by atoms with Crippen LogP contribution in [-0.4, -0.2) is 17.5 Å². The fourth-order valence-corrected chi connectivity index (χ4v) is 5.07. The van der Waals surface area contributed by atoms with Crippen LogP contribution in [0.25, 0.3) is 0 Å². The Morgan fingerprint density at radius 3 is 2.39 bits per heavy atom. The number of rotatable bonds is 9. The molecular weight excluding hydrogens is 430 g/mol. The first kappa shape index (κ1) is 23.2. The number of benzene rings is 2. The third kappa shape index (κ3) is 6.78. The summed E-state index contributed by atoms with van der Waals surface area (Å²) >= 11 is 1.65. The van der Waals surface area contributed by atoms with Crippen LogP contribution in [0.15, 0.2) is 93.3 Å². The summed E-state index contributed by atoms with van der Waals surface area (Å²) in [5.41, 5.74) is 1.48. The number of oxime groups is 1. The van der Waals surface area contributed by atoms with Crippen LogP contribution < -0.4 is 0 Å². The number of carbonyl (C=O) groups excluding carboxylic acids is 2. The minimum atomic E-state index is -0.472. The molecule has 2 aromatic carbocycles. The highest BCUT2D eigenvalue weighted by molar-refractivity contribution is 7.99. The molecule has 0 saturated heterocycles. The van der Waals surface area contributed by atoms with Gasteiger partial charge in [-0.05, 0) is 68.0 Å². The van der Waals surface area contributed by atoms with Crippen molar-refractivity contribution < 1.29 is 14.4 Å². The Labute approximate surface area is 199 Å². The van der Waals surface area contributed by atoms with E-state index in [1.54, 1.807) is 17.8 Å². The molecule has 0 spiro atoms. The fraction of sp³-hybridized carbons (Fsp3) is 0.321. The molecule has 33 heavy (non-hydrogen) atoms. The molecule has 0 unspecified atom stereocenters. The first-order chi connectivity index (χ1) is 16.2. The van der Waals surface area contributed by atoms with Crippen molar-refractivity contribution in [1.82, 2.24) is 0 Å². The number of nitrogens with zero attached hydrogens (tertiary/aromatic N) is 1. The Kier molecular flexibility index (Phi) is 8.31. The van der Waals surface area contributed by atoms with Crippen molar-refractivity contribution in [3.63, 3.8) is 0 Å². The molecule has 0 amide bonds. The number of Topliss-reactive ketones (excluding diaryl/α,β-unsaturated/α-hetero) is 1. The van der Waals surface area contributed by atoms with Gasteiger partial charge in [0, 0.05) is 20.9 Å². The zero-order chi connectivity index (χ0) is 22.9. The van der Waals surface area contributed by atoms with E-state index in [1.165, 1.54) is 25.7 Å². The maximum atomic E-state index is 13.3. The lowest BCUT2D eigenvalue weighted by Crippen LogP contribution is -2.18. The number of carbonyl (C=O) groups is 2. The molecule has 0 atom stereocenters. The Bertz CT molecular complexity index is 1050. The van der Waals surface area contributed by atoms with E-state index in [0.717, 1.165) is 22.6 Å². The molecule has 0 bridgehead atoms. The van der Waals surface area contributed by atoms with Crippen molar-refractivity contribution in [3.05, 3.63) is 84.0 Å². The molecule has 4 rings (SSSR count). The Hall–Kier alpha value is -2.92. The standard InChI is InChI=1S/C28H29NO3S/c30-27(22-16-18-25(19-17-22)33-24-13-5-2-6-14-24)26(20-15-21-9-7-8-10-21)29-32-28(31)23-11-3-1-4-12-23/h1-3,5-6,11,13-14,16-19,21H,4,7-10,12,15,20H2/b29-26-. The second kappa shape index (κ2) is 11.8. The summed E-state index contributed by atoms with van der Waals surface area (Å²) < 4.78 is 0. The highest BCUT2D eigenvalue weighted by Crippen LogP contribution is 2.30. The van der Waals surface area contributed by atoms with Crippen LogP contribution in [0.2, 0.25) is 0 Å². The minimum absolute atomic E-state index is 0.172. The largest absolute Gasteiger partial charge is 0.361 e. The van der Waals surface area contributed by atoms with E-state index >= 15 is 0 Å². The van der Waals surface area contributed by atoms with Crippen LogP contribution in [0.3, 0.4) is 0 Å². The zero-order valence-electron chi connectivity index (χ0n) is 18.7. The molecule has 1 saturated carbocycles.